The molecule has 0 aliphatic carbocycles. The molecule has 3 heteroatoms. The molecule has 3 heterocycles. The first kappa shape index (κ1) is 14.9. The van der Waals surface area contributed by atoms with Gasteiger partial charge in [0.15, 0.2) is 0 Å². The fraction of sp³-hybridized carbons (Fsp3) is 0.450. The van der Waals surface area contributed by atoms with E-state index in [0.29, 0.717) is 0 Å². The molecule has 4 rings (SSSR count). The maximum Gasteiger partial charge on any atom is 0.0543 e. The van der Waals surface area contributed by atoms with Gasteiger partial charge in [0, 0.05) is 37.9 Å². The van der Waals surface area contributed by atoms with Gasteiger partial charge in [0.2, 0.25) is 0 Å². The Morgan fingerprint density at radius 1 is 1.00 bits per heavy atom. The quantitative estimate of drug-likeness (QED) is 0.850. The molecule has 23 heavy (non-hydrogen) atoms. The van der Waals surface area contributed by atoms with Gasteiger partial charge in [-0.2, -0.15) is 0 Å². The number of fused-ring (bicyclic) bond motifs is 2. The largest absolute Gasteiger partial charge is 0.297 e. The standard InChI is InChI=1S/C20H25N3/c1-22-13-9-17-6-2-3-8-19(17)20(22)10-14-23(15-11-20)16-18-7-4-5-12-21-18/h2-8,12H,9-11,13-16H2,1H3. The molecule has 1 aromatic heterocycles. The lowest BCUT2D eigenvalue weighted by Gasteiger charge is -2.51. The van der Waals surface area contributed by atoms with Gasteiger partial charge in [0.1, 0.15) is 0 Å². The highest BCUT2D eigenvalue weighted by atomic mass is 15.2. The molecular weight excluding hydrogens is 282 g/mol. The highest BCUT2D eigenvalue weighted by Gasteiger charge is 2.42. The van der Waals surface area contributed by atoms with E-state index in [1.54, 1.807) is 11.1 Å². The number of likely N-dealkylation sites (N-methyl/N-ethyl adjacent to an activating group) is 1. The Kier molecular flexibility index (Phi) is 3.92. The van der Waals surface area contributed by atoms with E-state index in [-0.39, 0.29) is 5.54 Å². The fourth-order valence-corrected chi connectivity index (χ4v) is 4.35. The van der Waals surface area contributed by atoms with Crippen LogP contribution in [0.15, 0.2) is 48.7 Å². The summed E-state index contributed by atoms with van der Waals surface area (Å²) in [4.78, 5) is 9.63. The maximum atomic E-state index is 4.48. The molecule has 1 aromatic carbocycles. The van der Waals surface area contributed by atoms with Crippen LogP contribution in [0.1, 0.15) is 29.7 Å². The summed E-state index contributed by atoms with van der Waals surface area (Å²) in [5.74, 6) is 0. The molecule has 0 N–H and O–H groups in total. The van der Waals surface area contributed by atoms with Crippen LogP contribution in [0.5, 0.6) is 0 Å². The Labute approximate surface area is 139 Å². The molecule has 1 spiro atoms. The van der Waals surface area contributed by atoms with E-state index in [1.807, 2.05) is 12.3 Å². The van der Waals surface area contributed by atoms with Crippen LogP contribution in [0.4, 0.5) is 0 Å². The maximum absolute atomic E-state index is 4.48. The van der Waals surface area contributed by atoms with Gasteiger partial charge in [0.25, 0.3) is 0 Å². The lowest BCUT2D eigenvalue weighted by Crippen LogP contribution is -2.54. The first-order valence-electron chi connectivity index (χ1n) is 8.70. The van der Waals surface area contributed by atoms with Gasteiger partial charge in [-0.1, -0.05) is 30.3 Å². The normalized spacial score (nSPS) is 21.3. The van der Waals surface area contributed by atoms with Gasteiger partial charge in [-0.25, -0.2) is 0 Å². The number of pyridine rings is 1. The Hall–Kier alpha value is -1.71. The van der Waals surface area contributed by atoms with E-state index in [4.69, 9.17) is 0 Å². The summed E-state index contributed by atoms with van der Waals surface area (Å²) >= 11 is 0. The lowest BCUT2D eigenvalue weighted by atomic mass is 9.74. The van der Waals surface area contributed by atoms with E-state index in [1.165, 1.54) is 31.5 Å². The molecule has 0 amide bonds. The second-order valence-electron chi connectivity index (χ2n) is 6.96. The molecule has 2 aliphatic rings. The first-order chi connectivity index (χ1) is 11.3. The number of hydrogen-bond donors (Lipinski definition) is 0. The molecule has 3 nitrogen and oxygen atoms in total. The minimum Gasteiger partial charge on any atom is -0.297 e. The Morgan fingerprint density at radius 3 is 2.57 bits per heavy atom. The van der Waals surface area contributed by atoms with Gasteiger partial charge >= 0.3 is 0 Å². The van der Waals surface area contributed by atoms with Crippen molar-refractivity contribution in [2.75, 3.05) is 26.7 Å². The number of hydrogen-bond acceptors (Lipinski definition) is 3. The zero-order valence-corrected chi connectivity index (χ0v) is 13.9. The van der Waals surface area contributed by atoms with Gasteiger partial charge in [-0.05, 0) is 49.6 Å². The predicted molar refractivity (Wildman–Crippen MR) is 93.2 cm³/mol. The van der Waals surface area contributed by atoms with E-state index in [9.17, 15) is 0 Å². The van der Waals surface area contributed by atoms with Gasteiger partial charge in [-0.3, -0.25) is 14.8 Å². The molecule has 2 aromatic rings. The van der Waals surface area contributed by atoms with Crippen molar-refractivity contribution in [3.63, 3.8) is 0 Å². The van der Waals surface area contributed by atoms with Gasteiger partial charge in [-0.15, -0.1) is 0 Å². The van der Waals surface area contributed by atoms with Crippen LogP contribution < -0.4 is 0 Å². The van der Waals surface area contributed by atoms with Crippen LogP contribution in [0.25, 0.3) is 0 Å². The SMILES string of the molecule is CN1CCc2ccccc2C12CCN(Cc1ccccn1)CC2. The third kappa shape index (κ3) is 2.68. The van der Waals surface area contributed by atoms with Crippen LogP contribution in [-0.4, -0.2) is 41.5 Å². The molecule has 0 unspecified atom stereocenters. The van der Waals surface area contributed by atoms with Crippen molar-refractivity contribution < 1.29 is 0 Å². The summed E-state index contributed by atoms with van der Waals surface area (Å²) in [5, 5.41) is 0. The number of rotatable bonds is 2. The second-order valence-corrected chi connectivity index (χ2v) is 6.96. The van der Waals surface area contributed by atoms with E-state index >= 15 is 0 Å². The summed E-state index contributed by atoms with van der Waals surface area (Å²) < 4.78 is 0. The third-order valence-electron chi connectivity index (χ3n) is 5.76. The third-order valence-corrected chi connectivity index (χ3v) is 5.76. The average molecular weight is 307 g/mol. The Bertz CT molecular complexity index is 660. The van der Waals surface area contributed by atoms with Crippen molar-refractivity contribution in [2.24, 2.45) is 0 Å². The monoisotopic (exact) mass is 307 g/mol. The zero-order valence-electron chi connectivity index (χ0n) is 13.9. The van der Waals surface area contributed by atoms with Gasteiger partial charge in [0.05, 0.1) is 5.69 Å². The van der Waals surface area contributed by atoms with Gasteiger partial charge < -0.3 is 0 Å². The first-order valence-corrected chi connectivity index (χ1v) is 8.70. The molecule has 2 aliphatic heterocycles. The number of piperidine rings is 1. The number of nitrogens with zero attached hydrogens (tertiary/aromatic N) is 3. The van der Waals surface area contributed by atoms with Crippen LogP contribution in [0, 0.1) is 0 Å². The van der Waals surface area contributed by atoms with Crippen molar-refractivity contribution in [2.45, 2.75) is 31.3 Å². The second kappa shape index (κ2) is 6.06. The molecule has 0 saturated carbocycles. The highest BCUT2D eigenvalue weighted by molar-refractivity contribution is 5.37. The smallest absolute Gasteiger partial charge is 0.0543 e. The number of likely N-dealkylation sites (tertiary alicyclic amines) is 1. The topological polar surface area (TPSA) is 19.4 Å². The highest BCUT2D eigenvalue weighted by Crippen LogP contribution is 2.42. The average Bonchev–Trinajstić information content (AvgIpc) is 2.61. The van der Waals surface area contributed by atoms with Crippen LogP contribution >= 0.6 is 0 Å². The summed E-state index contributed by atoms with van der Waals surface area (Å²) in [6, 6.07) is 15.3. The summed E-state index contributed by atoms with van der Waals surface area (Å²) in [6.45, 7) is 4.45. The van der Waals surface area contributed by atoms with Crippen molar-refractivity contribution in [1.82, 2.24) is 14.8 Å². The minimum atomic E-state index is 0.245. The Morgan fingerprint density at radius 2 is 1.78 bits per heavy atom. The van der Waals surface area contributed by atoms with Crippen LogP contribution in [-0.2, 0) is 18.5 Å². The molecule has 120 valence electrons. The van der Waals surface area contributed by atoms with E-state index < -0.39 is 0 Å². The predicted octanol–water partition coefficient (Wildman–Crippen LogP) is 3.06. The molecule has 0 bridgehead atoms. The van der Waals surface area contributed by atoms with Crippen LogP contribution in [0.2, 0.25) is 0 Å². The summed E-state index contributed by atoms with van der Waals surface area (Å²) in [6.07, 6.45) is 5.51. The number of aromatic nitrogens is 1. The molecule has 0 radical (unpaired) electrons. The Balaban J connectivity index is 1.52. The van der Waals surface area contributed by atoms with Crippen molar-refractivity contribution >= 4 is 0 Å². The molecule has 1 fully saturated rings. The van der Waals surface area contributed by atoms with Crippen molar-refractivity contribution in [1.29, 1.82) is 0 Å². The van der Waals surface area contributed by atoms with E-state index in [0.717, 1.165) is 19.6 Å². The van der Waals surface area contributed by atoms with Crippen LogP contribution in [0.3, 0.4) is 0 Å². The minimum absolute atomic E-state index is 0.245. The summed E-state index contributed by atoms with van der Waals surface area (Å²) in [5.41, 5.74) is 4.56. The van der Waals surface area contributed by atoms with E-state index in [2.05, 4.69) is 58.2 Å². The fourth-order valence-electron chi connectivity index (χ4n) is 4.35. The van der Waals surface area contributed by atoms with Crippen molar-refractivity contribution in [3.8, 4) is 0 Å². The zero-order chi connectivity index (χ0) is 15.7. The molecule has 0 atom stereocenters. The van der Waals surface area contributed by atoms with Crippen molar-refractivity contribution in [3.05, 3.63) is 65.5 Å². The number of benzene rings is 1. The summed E-state index contributed by atoms with van der Waals surface area (Å²) in [7, 11) is 2.31. The molecule has 1 saturated heterocycles. The lowest BCUT2D eigenvalue weighted by molar-refractivity contribution is 0.0251. The molecular formula is C20H25N3.